The number of hydrogen-bond donors (Lipinski definition) is 2. The van der Waals surface area contributed by atoms with Crippen LogP contribution in [0.2, 0.25) is 0 Å². The van der Waals surface area contributed by atoms with Crippen LogP contribution in [0.5, 0.6) is 5.75 Å². The van der Waals surface area contributed by atoms with Gasteiger partial charge in [0.25, 0.3) is 0 Å². The molecule has 4 nitrogen and oxygen atoms in total. The summed E-state index contributed by atoms with van der Waals surface area (Å²) >= 11 is 0. The van der Waals surface area contributed by atoms with E-state index in [1.165, 1.54) is 0 Å². The molecule has 0 fully saturated rings. The molecule has 0 aliphatic rings. The summed E-state index contributed by atoms with van der Waals surface area (Å²) < 4.78 is 16.2. The first-order chi connectivity index (χ1) is 7.99. The number of hydrogen-bond acceptors (Lipinski definition) is 3. The van der Waals surface area contributed by atoms with Gasteiger partial charge in [-0.2, -0.15) is 0 Å². The van der Waals surface area contributed by atoms with Crippen molar-refractivity contribution in [2.45, 2.75) is 32.0 Å². The highest BCUT2D eigenvalue weighted by Gasteiger charge is 2.08. The second kappa shape index (κ2) is 6.80. The highest BCUT2D eigenvalue weighted by Crippen LogP contribution is 2.23. The van der Waals surface area contributed by atoms with Crippen LogP contribution in [-0.4, -0.2) is 23.2 Å². The van der Waals surface area contributed by atoms with E-state index in [0.717, 1.165) is 12.0 Å². The van der Waals surface area contributed by atoms with Crippen LogP contribution in [0, 0.1) is 0 Å². The number of benzene rings is 1. The smallest absolute Gasteiger partial charge is 0.195 e. The minimum atomic E-state index is -2.50. The molecule has 0 spiro atoms. The zero-order chi connectivity index (χ0) is 12.8. The molecule has 1 rings (SSSR count). The van der Waals surface area contributed by atoms with E-state index in [4.69, 9.17) is 15.4 Å². The molecule has 17 heavy (non-hydrogen) atoms. The lowest BCUT2D eigenvalue weighted by Gasteiger charge is -2.11. The first-order valence-electron chi connectivity index (χ1n) is 5.69. The molecule has 0 aromatic heterocycles. The van der Waals surface area contributed by atoms with Crippen molar-refractivity contribution < 1.29 is 14.2 Å². The third kappa shape index (κ3) is 5.35. The maximum Gasteiger partial charge on any atom is 0.195 e. The van der Waals surface area contributed by atoms with Crippen molar-refractivity contribution in [3.8, 4) is 5.75 Å². The lowest BCUT2D eigenvalue weighted by molar-refractivity contribution is 0.312. The lowest BCUT2D eigenvalue weighted by Crippen LogP contribution is -2.17. The van der Waals surface area contributed by atoms with Crippen molar-refractivity contribution in [1.82, 2.24) is 0 Å². The quantitative estimate of drug-likeness (QED) is 0.762. The summed E-state index contributed by atoms with van der Waals surface area (Å²) in [6.07, 6.45) is 0.834. The molecule has 3 N–H and O–H groups in total. The average molecular weight is 257 g/mol. The van der Waals surface area contributed by atoms with E-state index in [9.17, 15) is 4.57 Å². The second-order valence-electron chi connectivity index (χ2n) is 4.38. The minimum Gasteiger partial charge on any atom is -0.493 e. The van der Waals surface area contributed by atoms with Gasteiger partial charge >= 0.3 is 0 Å². The Morgan fingerprint density at radius 2 is 1.94 bits per heavy atom. The number of ether oxygens (including phenoxy) is 1. The summed E-state index contributed by atoms with van der Waals surface area (Å²) in [5, 5.41) is 0. The van der Waals surface area contributed by atoms with Crippen molar-refractivity contribution in [2.75, 3.05) is 6.61 Å². The van der Waals surface area contributed by atoms with E-state index in [1.54, 1.807) is 6.92 Å². The van der Waals surface area contributed by atoms with Gasteiger partial charge < -0.3 is 15.4 Å². The fourth-order valence-corrected chi connectivity index (χ4v) is 1.61. The fourth-order valence-electron chi connectivity index (χ4n) is 1.39. The zero-order valence-corrected chi connectivity index (χ0v) is 11.2. The maximum atomic E-state index is 10.8. The SMILES string of the molecule is CC(N)Cc1ccc(OCC(C)[PH](=O)O)cc1. The fraction of sp³-hybridized carbons (Fsp3) is 0.500. The molecule has 0 bridgehead atoms. The Morgan fingerprint density at radius 3 is 2.41 bits per heavy atom. The Hall–Kier alpha value is -0.830. The van der Waals surface area contributed by atoms with Gasteiger partial charge in [0, 0.05) is 6.04 Å². The van der Waals surface area contributed by atoms with Crippen LogP contribution in [0.25, 0.3) is 0 Å². The van der Waals surface area contributed by atoms with Crippen molar-refractivity contribution in [1.29, 1.82) is 0 Å². The highest BCUT2D eigenvalue weighted by atomic mass is 31.1. The number of nitrogens with two attached hydrogens (primary N) is 1. The lowest BCUT2D eigenvalue weighted by atomic mass is 10.1. The Bertz CT molecular complexity index is 365. The average Bonchev–Trinajstić information content (AvgIpc) is 2.26. The minimum absolute atomic E-state index is 0.141. The normalized spacial score (nSPS) is 16.2. The Balaban J connectivity index is 2.48. The first-order valence-corrected chi connectivity index (χ1v) is 7.12. The Kier molecular flexibility index (Phi) is 5.69. The van der Waals surface area contributed by atoms with Crippen molar-refractivity contribution in [3.05, 3.63) is 29.8 Å². The summed E-state index contributed by atoms with van der Waals surface area (Å²) in [5.74, 6) is 0.716. The molecule has 96 valence electrons. The predicted octanol–water partition coefficient (Wildman–Crippen LogP) is 1.81. The van der Waals surface area contributed by atoms with Gasteiger partial charge in [-0.05, 0) is 31.0 Å². The molecule has 1 aromatic carbocycles. The molecule has 0 saturated heterocycles. The zero-order valence-electron chi connectivity index (χ0n) is 10.2. The molecule has 0 aliphatic carbocycles. The van der Waals surface area contributed by atoms with Gasteiger partial charge in [0.05, 0.1) is 12.3 Å². The van der Waals surface area contributed by atoms with Crippen LogP contribution in [-0.2, 0) is 11.0 Å². The molecule has 3 unspecified atom stereocenters. The predicted molar refractivity (Wildman–Crippen MR) is 70.0 cm³/mol. The highest BCUT2D eigenvalue weighted by molar-refractivity contribution is 7.38. The van der Waals surface area contributed by atoms with E-state index in [-0.39, 0.29) is 18.3 Å². The van der Waals surface area contributed by atoms with Gasteiger partial charge in [-0.25, -0.2) is 0 Å². The third-order valence-corrected chi connectivity index (χ3v) is 3.41. The van der Waals surface area contributed by atoms with Crippen LogP contribution >= 0.6 is 8.03 Å². The first kappa shape index (κ1) is 14.2. The van der Waals surface area contributed by atoms with Crippen LogP contribution in [0.3, 0.4) is 0 Å². The summed E-state index contributed by atoms with van der Waals surface area (Å²) in [7, 11) is -2.50. The molecule has 0 aliphatic heterocycles. The topological polar surface area (TPSA) is 72.5 Å². The van der Waals surface area contributed by atoms with E-state index in [2.05, 4.69) is 0 Å². The van der Waals surface area contributed by atoms with E-state index >= 15 is 0 Å². The molecular formula is C12H20NO3P. The van der Waals surface area contributed by atoms with E-state index in [1.807, 2.05) is 31.2 Å². The molecule has 0 amide bonds. The standard InChI is InChI=1S/C12H20NO3P/c1-9(13)7-11-3-5-12(6-4-11)16-8-10(2)17(14)15/h3-6,9-10,17H,7-8,13H2,1-2H3,(H,14,15). The Labute approximate surface area is 103 Å². The second-order valence-corrected chi connectivity index (χ2v) is 6.04. The monoisotopic (exact) mass is 257 g/mol. The van der Waals surface area contributed by atoms with Crippen LogP contribution in [0.4, 0.5) is 0 Å². The molecule has 0 radical (unpaired) electrons. The Morgan fingerprint density at radius 1 is 1.35 bits per heavy atom. The summed E-state index contributed by atoms with van der Waals surface area (Å²) in [6, 6.07) is 7.79. The summed E-state index contributed by atoms with van der Waals surface area (Å²) in [5.41, 5.74) is 6.55. The van der Waals surface area contributed by atoms with Gasteiger partial charge in [-0.3, -0.25) is 4.57 Å². The van der Waals surface area contributed by atoms with Gasteiger partial charge in [0.2, 0.25) is 0 Å². The van der Waals surface area contributed by atoms with Crippen molar-refractivity contribution in [3.63, 3.8) is 0 Å². The largest absolute Gasteiger partial charge is 0.493 e. The van der Waals surface area contributed by atoms with Crippen LogP contribution < -0.4 is 10.5 Å². The molecular weight excluding hydrogens is 237 g/mol. The van der Waals surface area contributed by atoms with E-state index in [0.29, 0.717) is 5.75 Å². The third-order valence-electron chi connectivity index (χ3n) is 2.40. The maximum absolute atomic E-state index is 10.8. The van der Waals surface area contributed by atoms with E-state index < -0.39 is 8.03 Å². The molecule has 0 saturated carbocycles. The van der Waals surface area contributed by atoms with Gasteiger partial charge in [-0.15, -0.1) is 0 Å². The summed E-state index contributed by atoms with van der Waals surface area (Å²) in [4.78, 5) is 8.89. The summed E-state index contributed by atoms with van der Waals surface area (Å²) in [6.45, 7) is 3.93. The van der Waals surface area contributed by atoms with Crippen molar-refractivity contribution in [2.24, 2.45) is 5.73 Å². The van der Waals surface area contributed by atoms with Gasteiger partial charge in [-0.1, -0.05) is 19.1 Å². The molecule has 3 atom stereocenters. The molecule has 1 aromatic rings. The van der Waals surface area contributed by atoms with Crippen LogP contribution in [0.1, 0.15) is 19.4 Å². The molecule has 0 heterocycles. The van der Waals surface area contributed by atoms with Gasteiger partial charge in [0.15, 0.2) is 8.03 Å². The number of rotatable bonds is 6. The van der Waals surface area contributed by atoms with Crippen molar-refractivity contribution >= 4 is 8.03 Å². The van der Waals surface area contributed by atoms with Crippen LogP contribution in [0.15, 0.2) is 24.3 Å². The van der Waals surface area contributed by atoms with Gasteiger partial charge in [0.1, 0.15) is 5.75 Å². The molecule has 5 heteroatoms.